The van der Waals surface area contributed by atoms with Gasteiger partial charge in [-0.05, 0) is 36.6 Å². The first-order valence-electron chi connectivity index (χ1n) is 9.26. The lowest BCUT2D eigenvalue weighted by molar-refractivity contribution is -0.140. The van der Waals surface area contributed by atoms with Crippen LogP contribution in [0.4, 0.5) is 5.69 Å². The van der Waals surface area contributed by atoms with E-state index in [1.807, 2.05) is 43.3 Å². The van der Waals surface area contributed by atoms with Crippen molar-refractivity contribution in [2.24, 2.45) is 5.92 Å². The van der Waals surface area contributed by atoms with E-state index in [0.717, 1.165) is 18.7 Å². The largest absolute Gasteiger partial charge is 0.292 e. The van der Waals surface area contributed by atoms with Crippen molar-refractivity contribution in [3.63, 3.8) is 0 Å². The van der Waals surface area contributed by atoms with Crippen LogP contribution in [0.25, 0.3) is 0 Å². The number of amides is 2. The van der Waals surface area contributed by atoms with Gasteiger partial charge in [0.05, 0.1) is 17.6 Å². The average Bonchev–Trinajstić information content (AvgIpc) is 3.15. The molecule has 0 saturated carbocycles. The van der Waals surface area contributed by atoms with Gasteiger partial charge in [0.15, 0.2) is 0 Å². The monoisotopic (exact) mass is 347 g/mol. The highest BCUT2D eigenvalue weighted by Gasteiger charge is 2.62. The molecule has 0 N–H and O–H groups in total. The Hall–Kier alpha value is -2.66. The number of likely N-dealkylation sites (tertiary alicyclic amines) is 1. The Balaban J connectivity index is 1.69. The first kappa shape index (κ1) is 15.6. The Morgan fingerprint density at radius 3 is 2.42 bits per heavy atom. The third kappa shape index (κ3) is 1.95. The van der Waals surface area contributed by atoms with Crippen LogP contribution in [0, 0.1) is 5.92 Å². The Morgan fingerprint density at radius 2 is 1.65 bits per heavy atom. The van der Waals surface area contributed by atoms with Crippen LogP contribution in [0.3, 0.4) is 0 Å². The molecule has 5 heteroatoms. The number of likely N-dealkylation sites (N-methyl/N-ethyl adjacent to an activating group) is 1. The third-order valence-corrected chi connectivity index (χ3v) is 5.93. The maximum atomic E-state index is 13.1. The fourth-order valence-electron chi connectivity index (χ4n) is 4.87. The van der Waals surface area contributed by atoms with Crippen LogP contribution in [-0.4, -0.2) is 40.9 Å². The molecule has 2 aromatic rings. The zero-order valence-corrected chi connectivity index (χ0v) is 14.7. The minimum atomic E-state index is -0.444. The number of fused-ring (bicyclic) bond motifs is 5. The van der Waals surface area contributed by atoms with Crippen LogP contribution < -0.4 is 5.01 Å². The summed E-state index contributed by atoms with van der Waals surface area (Å²) in [5.41, 5.74) is 3.45. The molecule has 3 aliphatic heterocycles. The Bertz CT molecular complexity index is 882. The summed E-state index contributed by atoms with van der Waals surface area (Å²) in [5.74, 6) is -0.449. The molecule has 3 atom stereocenters. The Morgan fingerprint density at radius 1 is 0.923 bits per heavy atom. The second-order valence-electron chi connectivity index (χ2n) is 7.13. The first-order chi connectivity index (χ1) is 12.7. The molecule has 0 radical (unpaired) electrons. The highest BCUT2D eigenvalue weighted by molar-refractivity contribution is 6.09. The fourth-order valence-corrected chi connectivity index (χ4v) is 4.87. The normalized spacial score (nSPS) is 27.5. The molecule has 2 aromatic carbocycles. The number of carbonyl (C=O) groups excluding carboxylic acids is 2. The molecule has 5 nitrogen and oxygen atoms in total. The predicted molar refractivity (Wildman–Crippen MR) is 98.2 cm³/mol. The third-order valence-electron chi connectivity index (χ3n) is 5.93. The molecule has 2 fully saturated rings. The van der Waals surface area contributed by atoms with Crippen molar-refractivity contribution in [2.45, 2.75) is 25.4 Å². The summed E-state index contributed by atoms with van der Waals surface area (Å²) in [6.45, 7) is 3.12. The van der Waals surface area contributed by atoms with Crippen LogP contribution in [0.2, 0.25) is 0 Å². The van der Waals surface area contributed by atoms with E-state index in [-0.39, 0.29) is 23.8 Å². The maximum Gasteiger partial charge on any atom is 0.254 e. The van der Waals surface area contributed by atoms with Crippen molar-refractivity contribution in [3.8, 4) is 0 Å². The van der Waals surface area contributed by atoms with Gasteiger partial charge < -0.3 is 0 Å². The molecule has 3 unspecified atom stereocenters. The molecule has 2 saturated heterocycles. The lowest BCUT2D eigenvalue weighted by Crippen LogP contribution is -2.49. The van der Waals surface area contributed by atoms with Gasteiger partial charge in [-0.1, -0.05) is 42.5 Å². The molecular formula is C21H21N3O2. The Kier molecular flexibility index (Phi) is 3.40. The number of hydrazine groups is 1. The summed E-state index contributed by atoms with van der Waals surface area (Å²) in [6, 6.07) is 17.8. The van der Waals surface area contributed by atoms with Crippen molar-refractivity contribution in [2.75, 3.05) is 18.1 Å². The molecule has 2 amide bonds. The number of rotatable bonds is 2. The van der Waals surface area contributed by atoms with E-state index in [1.54, 1.807) is 0 Å². The molecule has 5 rings (SSSR count). The predicted octanol–water partition coefficient (Wildman–Crippen LogP) is 2.39. The molecule has 0 spiro atoms. The van der Waals surface area contributed by atoms with Crippen molar-refractivity contribution >= 4 is 17.5 Å². The van der Waals surface area contributed by atoms with E-state index in [4.69, 9.17) is 0 Å². The number of hydrogen-bond donors (Lipinski definition) is 0. The van der Waals surface area contributed by atoms with Crippen molar-refractivity contribution in [1.29, 1.82) is 0 Å². The second kappa shape index (κ2) is 5.68. The van der Waals surface area contributed by atoms with Gasteiger partial charge >= 0.3 is 0 Å². The number of benzene rings is 2. The first-order valence-corrected chi connectivity index (χ1v) is 9.26. The van der Waals surface area contributed by atoms with E-state index in [1.165, 1.54) is 16.0 Å². The van der Waals surface area contributed by atoms with Gasteiger partial charge in [-0.15, -0.1) is 0 Å². The van der Waals surface area contributed by atoms with Crippen LogP contribution in [0.5, 0.6) is 0 Å². The van der Waals surface area contributed by atoms with Gasteiger partial charge in [0, 0.05) is 13.1 Å². The molecule has 26 heavy (non-hydrogen) atoms. The van der Waals surface area contributed by atoms with Gasteiger partial charge in [-0.3, -0.25) is 19.5 Å². The molecule has 0 aliphatic carbocycles. The number of para-hydroxylation sites is 1. The van der Waals surface area contributed by atoms with Gasteiger partial charge in [-0.25, -0.2) is 5.01 Å². The number of carbonyl (C=O) groups is 2. The van der Waals surface area contributed by atoms with Crippen LogP contribution in [0.1, 0.15) is 24.1 Å². The van der Waals surface area contributed by atoms with Gasteiger partial charge in [0.25, 0.3) is 5.91 Å². The lowest BCUT2D eigenvalue weighted by atomic mass is 9.85. The van der Waals surface area contributed by atoms with Crippen molar-refractivity contribution in [1.82, 2.24) is 9.91 Å². The number of imide groups is 1. The fraction of sp³-hybridized carbons (Fsp3) is 0.333. The maximum absolute atomic E-state index is 13.1. The van der Waals surface area contributed by atoms with E-state index in [0.29, 0.717) is 6.54 Å². The zero-order valence-electron chi connectivity index (χ0n) is 14.7. The summed E-state index contributed by atoms with van der Waals surface area (Å²) in [5, 5.41) is 4.33. The van der Waals surface area contributed by atoms with Crippen molar-refractivity contribution < 1.29 is 9.59 Å². The summed E-state index contributed by atoms with van der Waals surface area (Å²) in [4.78, 5) is 27.7. The van der Waals surface area contributed by atoms with E-state index in [2.05, 4.69) is 28.2 Å². The van der Waals surface area contributed by atoms with Gasteiger partial charge in [0.2, 0.25) is 5.91 Å². The smallest absolute Gasteiger partial charge is 0.254 e. The number of anilines is 1. The minimum Gasteiger partial charge on any atom is -0.292 e. The zero-order chi connectivity index (χ0) is 17.8. The quantitative estimate of drug-likeness (QED) is 0.783. The van der Waals surface area contributed by atoms with Crippen LogP contribution >= 0.6 is 0 Å². The van der Waals surface area contributed by atoms with Gasteiger partial charge in [0.1, 0.15) is 6.04 Å². The molecule has 3 aliphatic rings. The summed E-state index contributed by atoms with van der Waals surface area (Å²) < 4.78 is 0. The minimum absolute atomic E-state index is 0.0346. The molecule has 0 aromatic heterocycles. The topological polar surface area (TPSA) is 43.9 Å². The van der Waals surface area contributed by atoms with E-state index in [9.17, 15) is 9.59 Å². The van der Waals surface area contributed by atoms with Crippen LogP contribution in [-0.2, 0) is 16.0 Å². The number of nitrogens with zero attached hydrogens (tertiary/aromatic N) is 3. The summed E-state index contributed by atoms with van der Waals surface area (Å²) in [7, 11) is 0. The van der Waals surface area contributed by atoms with Gasteiger partial charge in [-0.2, -0.15) is 0 Å². The SMILES string of the molecule is CCN1C(=O)C2C3c4ccccc4CCN3N(c3ccccc3)C2C1=O. The highest BCUT2D eigenvalue weighted by Crippen LogP contribution is 2.50. The summed E-state index contributed by atoms with van der Waals surface area (Å²) in [6.07, 6.45) is 0.926. The number of hydrogen-bond acceptors (Lipinski definition) is 4. The van der Waals surface area contributed by atoms with Crippen LogP contribution in [0.15, 0.2) is 54.6 Å². The molecular weight excluding hydrogens is 326 g/mol. The lowest BCUT2D eigenvalue weighted by Gasteiger charge is -2.40. The summed E-state index contributed by atoms with van der Waals surface area (Å²) >= 11 is 0. The molecule has 3 heterocycles. The standard InChI is InChI=1S/C21H21N3O2/c1-2-22-20(25)17-18-16-11-7-6-8-14(16)12-13-23(18)24(19(17)21(22)26)15-9-4-3-5-10-15/h3-11,17-19H,2,12-13H2,1H3. The Labute approximate surface area is 152 Å². The van der Waals surface area contributed by atoms with E-state index >= 15 is 0 Å². The molecule has 0 bridgehead atoms. The average molecular weight is 347 g/mol. The second-order valence-corrected chi connectivity index (χ2v) is 7.13. The highest BCUT2D eigenvalue weighted by atomic mass is 16.2. The van der Waals surface area contributed by atoms with E-state index < -0.39 is 6.04 Å². The van der Waals surface area contributed by atoms with Crippen molar-refractivity contribution in [3.05, 3.63) is 65.7 Å². The molecule has 132 valence electrons.